The van der Waals surface area contributed by atoms with E-state index in [0.29, 0.717) is 16.5 Å². The second-order valence-corrected chi connectivity index (χ2v) is 6.18. The molecule has 1 atom stereocenters. The molecule has 1 saturated carbocycles. The number of nitrogens with one attached hydrogen (secondary N) is 1. The van der Waals surface area contributed by atoms with Crippen molar-refractivity contribution in [3.63, 3.8) is 0 Å². The predicted molar refractivity (Wildman–Crippen MR) is 92.1 cm³/mol. The number of phenolic OH excluding ortho intramolecular Hbond substituents is 1. The molecule has 7 heteroatoms. The number of nitrogens with zero attached hydrogens (tertiary/aromatic N) is 1. The molecule has 1 heterocycles. The van der Waals surface area contributed by atoms with Gasteiger partial charge in [0, 0.05) is 42.8 Å². The maximum atomic E-state index is 13.7. The van der Waals surface area contributed by atoms with Crippen LogP contribution in [0, 0.1) is 11.7 Å². The second-order valence-electron chi connectivity index (χ2n) is 5.77. The van der Waals surface area contributed by atoms with E-state index < -0.39 is 5.82 Å². The Labute approximate surface area is 148 Å². The number of benzene rings is 1. The Morgan fingerprint density at radius 3 is 2.50 bits per heavy atom. The monoisotopic (exact) mass is 370 g/mol. The van der Waals surface area contributed by atoms with Gasteiger partial charge in [-0.2, -0.15) is 0 Å². The molecule has 2 fully saturated rings. The van der Waals surface area contributed by atoms with Crippen LogP contribution in [0.3, 0.4) is 0 Å². The zero-order valence-electron chi connectivity index (χ0n) is 12.2. The molecule has 2 aliphatic rings. The van der Waals surface area contributed by atoms with Crippen molar-refractivity contribution in [2.24, 2.45) is 5.92 Å². The Kier molecular flexibility index (Phi) is 7.69. The molecule has 0 spiro atoms. The Morgan fingerprint density at radius 1 is 1.27 bits per heavy atom. The summed E-state index contributed by atoms with van der Waals surface area (Å²) in [6.45, 7) is 3.66. The molecule has 1 aliphatic heterocycles. The fourth-order valence-corrected chi connectivity index (χ4v) is 3.26. The first-order valence-electron chi connectivity index (χ1n) is 7.28. The quantitative estimate of drug-likeness (QED) is 0.845. The summed E-state index contributed by atoms with van der Waals surface area (Å²) in [4.78, 5) is 2.31. The standard InChI is InChI=1S/C15H20ClFN2O.2ClH/c16-11-3-4-12(17)15(20)14(11)13(9-10-1-2-10)19-7-5-18-6-8-19;;/h3-4,10,13,18,20H,1-2,5-9H2;2*1H/t13-;;/m0../s1. The van der Waals surface area contributed by atoms with E-state index in [1.165, 1.54) is 18.9 Å². The van der Waals surface area contributed by atoms with Gasteiger partial charge in [0.2, 0.25) is 0 Å². The first-order valence-corrected chi connectivity index (χ1v) is 7.66. The van der Waals surface area contributed by atoms with Gasteiger partial charge >= 0.3 is 0 Å². The van der Waals surface area contributed by atoms with Crippen LogP contribution in [-0.2, 0) is 0 Å². The van der Waals surface area contributed by atoms with Crippen molar-refractivity contribution in [3.05, 3.63) is 28.5 Å². The van der Waals surface area contributed by atoms with Gasteiger partial charge in [-0.1, -0.05) is 24.4 Å². The van der Waals surface area contributed by atoms with Gasteiger partial charge in [0.15, 0.2) is 11.6 Å². The lowest BCUT2D eigenvalue weighted by Gasteiger charge is -2.36. The molecule has 1 saturated heterocycles. The Hall–Kier alpha value is -0.260. The summed E-state index contributed by atoms with van der Waals surface area (Å²) in [6, 6.07) is 2.80. The largest absolute Gasteiger partial charge is 0.505 e. The van der Waals surface area contributed by atoms with E-state index in [1.54, 1.807) is 6.07 Å². The molecule has 126 valence electrons. The lowest BCUT2D eigenvalue weighted by atomic mass is 9.97. The Morgan fingerprint density at radius 2 is 1.91 bits per heavy atom. The summed E-state index contributed by atoms with van der Waals surface area (Å²) in [6.07, 6.45) is 3.42. The molecule has 0 bridgehead atoms. The van der Waals surface area contributed by atoms with Gasteiger partial charge in [-0.3, -0.25) is 4.90 Å². The number of hydrogen-bond donors (Lipinski definition) is 2. The maximum absolute atomic E-state index is 13.7. The highest BCUT2D eigenvalue weighted by molar-refractivity contribution is 6.31. The smallest absolute Gasteiger partial charge is 0.165 e. The van der Waals surface area contributed by atoms with Crippen LogP contribution in [0.25, 0.3) is 0 Å². The molecule has 0 unspecified atom stereocenters. The topological polar surface area (TPSA) is 35.5 Å². The average Bonchev–Trinajstić information content (AvgIpc) is 3.27. The molecule has 1 aromatic rings. The minimum absolute atomic E-state index is 0. The third kappa shape index (κ3) is 4.39. The van der Waals surface area contributed by atoms with Crippen LogP contribution in [0.2, 0.25) is 5.02 Å². The first kappa shape index (κ1) is 19.8. The van der Waals surface area contributed by atoms with E-state index in [0.717, 1.165) is 32.6 Å². The average molecular weight is 372 g/mol. The van der Waals surface area contributed by atoms with Gasteiger partial charge in [-0.05, 0) is 24.5 Å². The van der Waals surface area contributed by atoms with Gasteiger partial charge in [0.25, 0.3) is 0 Å². The summed E-state index contributed by atoms with van der Waals surface area (Å²) in [5.41, 5.74) is 0.570. The minimum Gasteiger partial charge on any atom is -0.505 e. The molecule has 1 aliphatic carbocycles. The van der Waals surface area contributed by atoms with Gasteiger partial charge in [-0.15, -0.1) is 24.8 Å². The van der Waals surface area contributed by atoms with Gasteiger partial charge in [-0.25, -0.2) is 4.39 Å². The van der Waals surface area contributed by atoms with Crippen molar-refractivity contribution in [3.8, 4) is 5.75 Å². The van der Waals surface area contributed by atoms with E-state index >= 15 is 0 Å². The SMILES string of the molecule is Cl.Cl.Oc1c(F)ccc(Cl)c1[C@H](CC1CC1)N1CCNCC1. The number of phenols is 1. The normalized spacial score (nSPS) is 19.9. The summed E-state index contributed by atoms with van der Waals surface area (Å²) in [7, 11) is 0. The van der Waals surface area contributed by atoms with Crippen LogP contribution in [0.4, 0.5) is 4.39 Å². The fourth-order valence-electron chi connectivity index (χ4n) is 2.99. The van der Waals surface area contributed by atoms with E-state index in [2.05, 4.69) is 10.2 Å². The van der Waals surface area contributed by atoms with Crippen LogP contribution in [-0.4, -0.2) is 36.2 Å². The Bertz CT molecular complexity index is 494. The second kappa shape index (κ2) is 8.55. The molecule has 0 radical (unpaired) electrons. The number of rotatable bonds is 4. The van der Waals surface area contributed by atoms with Gasteiger partial charge in [0.05, 0.1) is 0 Å². The summed E-state index contributed by atoms with van der Waals surface area (Å²) in [5, 5.41) is 13.9. The predicted octanol–water partition coefficient (Wildman–Crippen LogP) is 3.77. The summed E-state index contributed by atoms with van der Waals surface area (Å²) >= 11 is 6.25. The first-order chi connectivity index (χ1) is 9.66. The lowest BCUT2D eigenvalue weighted by molar-refractivity contribution is 0.157. The van der Waals surface area contributed by atoms with E-state index in [-0.39, 0.29) is 36.6 Å². The van der Waals surface area contributed by atoms with E-state index in [9.17, 15) is 9.50 Å². The van der Waals surface area contributed by atoms with Crippen molar-refractivity contribution in [2.45, 2.75) is 25.3 Å². The van der Waals surface area contributed by atoms with Crippen LogP contribution in [0.1, 0.15) is 30.9 Å². The molecule has 3 nitrogen and oxygen atoms in total. The minimum atomic E-state index is -0.583. The third-order valence-corrected chi connectivity index (χ3v) is 4.62. The molecule has 22 heavy (non-hydrogen) atoms. The number of hydrogen-bond acceptors (Lipinski definition) is 3. The van der Waals surface area contributed by atoms with Crippen molar-refractivity contribution in [2.75, 3.05) is 26.2 Å². The molecule has 1 aromatic carbocycles. The van der Waals surface area contributed by atoms with Crippen molar-refractivity contribution < 1.29 is 9.50 Å². The highest BCUT2D eigenvalue weighted by atomic mass is 35.5. The van der Waals surface area contributed by atoms with Crippen LogP contribution >= 0.6 is 36.4 Å². The molecule has 0 aromatic heterocycles. The number of halogens is 4. The molecule has 2 N–H and O–H groups in total. The number of aromatic hydroxyl groups is 1. The highest BCUT2D eigenvalue weighted by Crippen LogP contribution is 2.45. The summed E-state index contributed by atoms with van der Waals surface area (Å²) in [5.74, 6) is -0.171. The van der Waals surface area contributed by atoms with Crippen LogP contribution in [0.5, 0.6) is 5.75 Å². The fraction of sp³-hybridized carbons (Fsp3) is 0.600. The van der Waals surface area contributed by atoms with E-state index in [1.807, 2.05) is 0 Å². The van der Waals surface area contributed by atoms with Gasteiger partial charge in [0.1, 0.15) is 0 Å². The third-order valence-electron chi connectivity index (χ3n) is 4.29. The lowest BCUT2D eigenvalue weighted by Crippen LogP contribution is -2.45. The zero-order valence-corrected chi connectivity index (χ0v) is 14.6. The highest BCUT2D eigenvalue weighted by Gasteiger charge is 2.33. The van der Waals surface area contributed by atoms with Crippen molar-refractivity contribution >= 4 is 36.4 Å². The van der Waals surface area contributed by atoms with Crippen LogP contribution in [0.15, 0.2) is 12.1 Å². The molecule has 0 amide bonds. The molecular formula is C15H22Cl3FN2O. The molecular weight excluding hydrogens is 350 g/mol. The summed E-state index contributed by atoms with van der Waals surface area (Å²) < 4.78 is 13.7. The van der Waals surface area contributed by atoms with Crippen LogP contribution < -0.4 is 5.32 Å². The van der Waals surface area contributed by atoms with Crippen molar-refractivity contribution in [1.82, 2.24) is 10.2 Å². The van der Waals surface area contributed by atoms with Gasteiger partial charge < -0.3 is 10.4 Å². The molecule has 3 rings (SSSR count). The van der Waals surface area contributed by atoms with Crippen molar-refractivity contribution in [1.29, 1.82) is 0 Å². The van der Waals surface area contributed by atoms with E-state index in [4.69, 9.17) is 11.6 Å². The zero-order chi connectivity index (χ0) is 14.1. The number of piperazine rings is 1. The Balaban J connectivity index is 0.00000121. The maximum Gasteiger partial charge on any atom is 0.165 e.